The molecule has 2 aromatic rings. The molecule has 0 saturated carbocycles. The van der Waals surface area contributed by atoms with E-state index in [1.165, 1.54) is 14.7 Å². The van der Waals surface area contributed by atoms with E-state index < -0.39 is 0 Å². The molecule has 1 aliphatic heterocycles. The fraction of sp³-hybridized carbons (Fsp3) is 0.211. The third-order valence-electron chi connectivity index (χ3n) is 4.21. The van der Waals surface area contributed by atoms with Crippen LogP contribution in [0, 0.1) is 3.57 Å². The molecule has 2 aromatic carbocycles. The van der Waals surface area contributed by atoms with E-state index in [4.69, 9.17) is 0 Å². The number of rotatable bonds is 3. The van der Waals surface area contributed by atoms with Gasteiger partial charge in [0.15, 0.2) is 0 Å². The third-order valence-corrected chi connectivity index (χ3v) is 4.88. The summed E-state index contributed by atoms with van der Waals surface area (Å²) in [5.41, 5.74) is 3.52. The summed E-state index contributed by atoms with van der Waals surface area (Å²) < 4.78 is 1.19. The van der Waals surface area contributed by atoms with E-state index in [1.54, 1.807) is 6.92 Å². The molecule has 112 valence electrons. The van der Waals surface area contributed by atoms with Crippen molar-refractivity contribution in [1.82, 2.24) is 0 Å². The van der Waals surface area contributed by atoms with Gasteiger partial charge in [-0.05, 0) is 58.3 Å². The molecule has 22 heavy (non-hydrogen) atoms. The molecule has 0 aliphatic carbocycles. The van der Waals surface area contributed by atoms with Crippen LogP contribution in [-0.2, 0) is 4.79 Å². The van der Waals surface area contributed by atoms with Crippen LogP contribution in [0.5, 0.6) is 0 Å². The summed E-state index contributed by atoms with van der Waals surface area (Å²) in [6.45, 7) is 5.53. The highest BCUT2D eigenvalue weighted by Crippen LogP contribution is 2.46. The molecular formula is C19H18INO. The van der Waals surface area contributed by atoms with Crippen LogP contribution in [0.4, 0.5) is 5.69 Å². The summed E-state index contributed by atoms with van der Waals surface area (Å²) in [6.07, 6.45) is 2.69. The maximum atomic E-state index is 12.2. The lowest BCUT2D eigenvalue weighted by atomic mass is 9.86. The zero-order valence-electron chi connectivity index (χ0n) is 12.5. The molecule has 0 bridgehead atoms. The van der Waals surface area contributed by atoms with Crippen molar-refractivity contribution in [2.45, 2.75) is 25.3 Å². The van der Waals surface area contributed by atoms with Gasteiger partial charge in [-0.15, -0.1) is 6.58 Å². The number of benzene rings is 2. The number of hydrogen-bond donors (Lipinski definition) is 0. The Balaban J connectivity index is 2.19. The molecule has 0 saturated heterocycles. The third kappa shape index (κ3) is 2.58. The van der Waals surface area contributed by atoms with Crippen LogP contribution in [0.3, 0.4) is 0 Å². The molecule has 2 nitrogen and oxygen atoms in total. The van der Waals surface area contributed by atoms with E-state index in [-0.39, 0.29) is 17.9 Å². The Bertz CT molecular complexity index is 711. The number of halogens is 1. The van der Waals surface area contributed by atoms with Crippen LogP contribution in [-0.4, -0.2) is 11.9 Å². The number of hydrogen-bond acceptors (Lipinski definition) is 1. The fourth-order valence-electron chi connectivity index (χ4n) is 3.41. The normalized spacial score (nSPS) is 19.8. The zero-order valence-corrected chi connectivity index (χ0v) is 14.7. The highest BCUT2D eigenvalue weighted by molar-refractivity contribution is 14.1. The lowest BCUT2D eigenvalue weighted by molar-refractivity contribution is -0.116. The number of anilines is 1. The van der Waals surface area contributed by atoms with Crippen LogP contribution < -0.4 is 4.90 Å². The minimum Gasteiger partial charge on any atom is -0.308 e. The second-order valence-corrected chi connectivity index (χ2v) is 6.82. The standard InChI is InChI=1S/C19H18INO/c1-3-7-18-19(14-8-5-4-6-9-14)16-12-15(20)10-11-17(16)21(18)13(2)22/h3-6,8-12,18-19H,1,7H2,2H3. The van der Waals surface area contributed by atoms with Gasteiger partial charge in [0.25, 0.3) is 0 Å². The molecule has 0 N–H and O–H groups in total. The van der Waals surface area contributed by atoms with E-state index in [1.807, 2.05) is 17.0 Å². The van der Waals surface area contributed by atoms with Crippen LogP contribution in [0.1, 0.15) is 30.4 Å². The molecule has 0 fully saturated rings. The van der Waals surface area contributed by atoms with Crippen molar-refractivity contribution in [2.75, 3.05) is 4.90 Å². The van der Waals surface area contributed by atoms with E-state index >= 15 is 0 Å². The highest BCUT2D eigenvalue weighted by Gasteiger charge is 2.40. The summed E-state index contributed by atoms with van der Waals surface area (Å²) in [6, 6.07) is 16.9. The van der Waals surface area contributed by atoms with Gasteiger partial charge in [0, 0.05) is 22.1 Å². The average molecular weight is 403 g/mol. The van der Waals surface area contributed by atoms with Gasteiger partial charge in [-0.1, -0.05) is 36.4 Å². The van der Waals surface area contributed by atoms with Crippen LogP contribution >= 0.6 is 22.6 Å². The van der Waals surface area contributed by atoms with Crippen molar-refractivity contribution in [3.05, 3.63) is 75.9 Å². The largest absolute Gasteiger partial charge is 0.308 e. The minimum atomic E-state index is 0.0905. The van der Waals surface area contributed by atoms with Crippen LogP contribution in [0.2, 0.25) is 0 Å². The van der Waals surface area contributed by atoms with Crippen molar-refractivity contribution in [3.63, 3.8) is 0 Å². The van der Waals surface area contributed by atoms with Gasteiger partial charge in [0.05, 0.1) is 6.04 Å². The lowest BCUT2D eigenvalue weighted by Gasteiger charge is -2.27. The first-order chi connectivity index (χ1) is 10.6. The molecule has 0 spiro atoms. The maximum absolute atomic E-state index is 12.2. The summed E-state index contributed by atoms with van der Waals surface area (Å²) >= 11 is 2.33. The highest BCUT2D eigenvalue weighted by atomic mass is 127. The van der Waals surface area contributed by atoms with Gasteiger partial charge in [0.1, 0.15) is 0 Å². The Hall–Kier alpha value is -1.62. The van der Waals surface area contributed by atoms with Crippen LogP contribution in [0.15, 0.2) is 61.2 Å². The summed E-state index contributed by atoms with van der Waals surface area (Å²) in [5.74, 6) is 0.292. The van der Waals surface area contributed by atoms with Gasteiger partial charge >= 0.3 is 0 Å². The van der Waals surface area contributed by atoms with Gasteiger partial charge < -0.3 is 4.90 Å². The van der Waals surface area contributed by atoms with E-state index in [0.717, 1.165) is 12.1 Å². The molecule has 3 rings (SSSR count). The molecule has 1 amide bonds. The SMILES string of the molecule is C=CCC1C(c2ccccc2)c2cc(I)ccc2N1C(C)=O. The lowest BCUT2D eigenvalue weighted by Crippen LogP contribution is -2.37. The number of carbonyl (C=O) groups excluding carboxylic acids is 1. The molecule has 1 heterocycles. The Morgan fingerprint density at radius 1 is 1.27 bits per heavy atom. The van der Waals surface area contributed by atoms with Crippen molar-refractivity contribution in [3.8, 4) is 0 Å². The summed E-state index contributed by atoms with van der Waals surface area (Å²) in [5, 5.41) is 0. The second-order valence-electron chi connectivity index (χ2n) is 5.57. The Morgan fingerprint density at radius 3 is 2.64 bits per heavy atom. The smallest absolute Gasteiger partial charge is 0.224 e. The molecule has 1 aliphatic rings. The monoisotopic (exact) mass is 403 g/mol. The van der Waals surface area contributed by atoms with Gasteiger partial charge in [-0.2, -0.15) is 0 Å². The summed E-state index contributed by atoms with van der Waals surface area (Å²) in [4.78, 5) is 14.2. The van der Waals surface area contributed by atoms with Crippen molar-refractivity contribution < 1.29 is 4.79 Å². The average Bonchev–Trinajstić information content (AvgIpc) is 2.81. The van der Waals surface area contributed by atoms with Gasteiger partial charge in [-0.3, -0.25) is 4.79 Å². The zero-order chi connectivity index (χ0) is 15.7. The van der Waals surface area contributed by atoms with Gasteiger partial charge in [-0.25, -0.2) is 0 Å². The summed E-state index contributed by atoms with van der Waals surface area (Å²) in [7, 11) is 0. The number of fused-ring (bicyclic) bond motifs is 1. The van der Waals surface area contributed by atoms with E-state index in [0.29, 0.717) is 0 Å². The van der Waals surface area contributed by atoms with Crippen LogP contribution in [0.25, 0.3) is 0 Å². The second kappa shape index (κ2) is 6.24. The first-order valence-corrected chi connectivity index (χ1v) is 8.46. The van der Waals surface area contributed by atoms with E-state index in [2.05, 4.69) is 71.6 Å². The molecule has 0 aromatic heterocycles. The van der Waals surface area contributed by atoms with Gasteiger partial charge in [0.2, 0.25) is 5.91 Å². The Morgan fingerprint density at radius 2 is 2.00 bits per heavy atom. The quantitative estimate of drug-likeness (QED) is 0.536. The van der Waals surface area contributed by atoms with Crippen molar-refractivity contribution >= 4 is 34.2 Å². The fourth-order valence-corrected chi connectivity index (χ4v) is 3.92. The molecule has 2 atom stereocenters. The Kier molecular flexibility index (Phi) is 4.34. The number of nitrogens with zero attached hydrogens (tertiary/aromatic N) is 1. The topological polar surface area (TPSA) is 20.3 Å². The Labute approximate surface area is 145 Å². The number of amides is 1. The molecule has 0 radical (unpaired) electrons. The first-order valence-electron chi connectivity index (χ1n) is 7.38. The van der Waals surface area contributed by atoms with Crippen molar-refractivity contribution in [2.24, 2.45) is 0 Å². The minimum absolute atomic E-state index is 0.0905. The maximum Gasteiger partial charge on any atom is 0.224 e. The molecule has 2 unspecified atom stereocenters. The first kappa shape index (κ1) is 15.3. The molecule has 3 heteroatoms. The predicted molar refractivity (Wildman–Crippen MR) is 99.2 cm³/mol. The predicted octanol–water partition coefficient (Wildman–Crippen LogP) is 4.73. The van der Waals surface area contributed by atoms with Crippen molar-refractivity contribution in [1.29, 1.82) is 0 Å². The van der Waals surface area contributed by atoms with E-state index in [9.17, 15) is 4.79 Å². The number of carbonyl (C=O) groups is 1. The molecular weight excluding hydrogens is 385 g/mol.